The number of rotatable bonds is 6. The van der Waals surface area contributed by atoms with Crippen LogP contribution >= 0.6 is 0 Å². The Morgan fingerprint density at radius 3 is 2.53 bits per heavy atom. The third-order valence-electron chi connectivity index (χ3n) is 1.49. The van der Waals surface area contributed by atoms with Crippen molar-refractivity contribution in [3.05, 3.63) is 12.4 Å². The summed E-state index contributed by atoms with van der Waals surface area (Å²) >= 11 is 0. The van der Waals surface area contributed by atoms with Gasteiger partial charge in [-0.15, -0.1) is 0 Å². The van der Waals surface area contributed by atoms with Gasteiger partial charge in [0.15, 0.2) is 0 Å². The number of hydrogen-bond donors (Lipinski definition) is 4. The van der Waals surface area contributed by atoms with Crippen LogP contribution in [0.2, 0.25) is 0 Å². The second kappa shape index (κ2) is 6.17. The smallest absolute Gasteiger partial charge is 0.509 e. The van der Waals surface area contributed by atoms with Gasteiger partial charge in [-0.2, -0.15) is 0 Å². The van der Waals surface area contributed by atoms with Gasteiger partial charge in [0.2, 0.25) is 5.95 Å². The lowest BCUT2D eigenvalue weighted by molar-refractivity contribution is 0.287. The van der Waals surface area contributed by atoms with Crippen molar-refractivity contribution in [1.82, 2.24) is 9.97 Å². The molecular formula is C7H12BN3O4. The Hall–Kier alpha value is -1.38. The molecule has 1 aromatic heterocycles. The summed E-state index contributed by atoms with van der Waals surface area (Å²) in [6.45, 7) is 0.671. The summed E-state index contributed by atoms with van der Waals surface area (Å²) in [5.41, 5.74) is 0. The molecule has 0 unspecified atom stereocenters. The standard InChI is InChI=1S/C7H12BN3O4/c12-3-1-2-9-7-10-4-6(5-11-7)15-8(13)14/h4-5,12-14H,1-3H2,(H,9,10,11). The molecule has 0 spiro atoms. The van der Waals surface area contributed by atoms with Crippen LogP contribution in [-0.2, 0) is 0 Å². The zero-order chi connectivity index (χ0) is 11.1. The summed E-state index contributed by atoms with van der Waals surface area (Å²) in [5, 5.41) is 28.4. The maximum atomic E-state index is 8.53. The fourth-order valence-corrected chi connectivity index (χ4v) is 0.869. The molecule has 0 radical (unpaired) electrons. The highest BCUT2D eigenvalue weighted by Crippen LogP contribution is 2.08. The maximum absolute atomic E-state index is 8.53. The Bertz CT molecular complexity index is 282. The first-order chi connectivity index (χ1) is 7.22. The van der Waals surface area contributed by atoms with Gasteiger partial charge in [0.05, 0.1) is 12.4 Å². The summed E-state index contributed by atoms with van der Waals surface area (Å²) in [6.07, 6.45) is 3.23. The summed E-state index contributed by atoms with van der Waals surface area (Å²) in [6, 6.07) is 0. The van der Waals surface area contributed by atoms with Gasteiger partial charge < -0.3 is 25.1 Å². The van der Waals surface area contributed by atoms with Crippen LogP contribution in [0.15, 0.2) is 12.4 Å². The van der Waals surface area contributed by atoms with Crippen LogP contribution in [-0.4, -0.2) is 45.6 Å². The van der Waals surface area contributed by atoms with Crippen molar-refractivity contribution in [3.8, 4) is 5.75 Å². The molecule has 0 saturated carbocycles. The van der Waals surface area contributed by atoms with Gasteiger partial charge in [0, 0.05) is 13.2 Å². The molecule has 8 heteroatoms. The minimum absolute atomic E-state index is 0.102. The van der Waals surface area contributed by atoms with Gasteiger partial charge in [-0.1, -0.05) is 0 Å². The second-order valence-electron chi connectivity index (χ2n) is 2.69. The van der Waals surface area contributed by atoms with Crippen LogP contribution in [0.25, 0.3) is 0 Å². The molecule has 0 aliphatic carbocycles. The van der Waals surface area contributed by atoms with E-state index in [1.807, 2.05) is 0 Å². The highest BCUT2D eigenvalue weighted by atomic mass is 16.6. The van der Waals surface area contributed by atoms with Gasteiger partial charge in [-0.3, -0.25) is 0 Å². The molecule has 0 atom stereocenters. The van der Waals surface area contributed by atoms with Gasteiger partial charge in [0.1, 0.15) is 5.75 Å². The molecule has 1 heterocycles. The summed E-state index contributed by atoms with van der Waals surface area (Å²) < 4.78 is 4.51. The fraction of sp³-hybridized carbons (Fsp3) is 0.429. The van der Waals surface area contributed by atoms with E-state index >= 15 is 0 Å². The molecule has 1 rings (SSSR count). The second-order valence-corrected chi connectivity index (χ2v) is 2.69. The molecular weight excluding hydrogens is 201 g/mol. The first-order valence-corrected chi connectivity index (χ1v) is 4.42. The molecule has 15 heavy (non-hydrogen) atoms. The number of aromatic nitrogens is 2. The van der Waals surface area contributed by atoms with Crippen molar-refractivity contribution >= 4 is 13.3 Å². The molecule has 1 aromatic rings. The van der Waals surface area contributed by atoms with E-state index in [1.54, 1.807) is 0 Å². The Morgan fingerprint density at radius 1 is 1.33 bits per heavy atom. The van der Waals surface area contributed by atoms with Crippen LogP contribution in [0.1, 0.15) is 6.42 Å². The highest BCUT2D eigenvalue weighted by molar-refractivity contribution is 6.33. The van der Waals surface area contributed by atoms with Crippen LogP contribution in [0.5, 0.6) is 5.75 Å². The molecule has 82 valence electrons. The average Bonchev–Trinajstić information content (AvgIpc) is 2.20. The minimum atomic E-state index is -1.87. The number of anilines is 1. The lowest BCUT2D eigenvalue weighted by atomic mass is 10.2. The van der Waals surface area contributed by atoms with E-state index in [1.165, 1.54) is 12.4 Å². The third kappa shape index (κ3) is 4.59. The van der Waals surface area contributed by atoms with Gasteiger partial charge in [-0.05, 0) is 6.42 Å². The zero-order valence-corrected chi connectivity index (χ0v) is 8.00. The molecule has 0 aliphatic heterocycles. The van der Waals surface area contributed by atoms with Crippen molar-refractivity contribution in [2.75, 3.05) is 18.5 Å². The van der Waals surface area contributed by atoms with Gasteiger partial charge in [0.25, 0.3) is 0 Å². The van der Waals surface area contributed by atoms with E-state index in [0.29, 0.717) is 18.9 Å². The summed E-state index contributed by atoms with van der Waals surface area (Å²) in [7, 11) is -1.87. The molecule has 0 fully saturated rings. The van der Waals surface area contributed by atoms with E-state index in [9.17, 15) is 0 Å². The molecule has 0 amide bonds. The SMILES string of the molecule is OCCCNc1ncc(OB(O)O)cn1. The quantitative estimate of drug-likeness (QED) is 0.340. The fourth-order valence-electron chi connectivity index (χ4n) is 0.869. The monoisotopic (exact) mass is 213 g/mol. The van der Waals surface area contributed by atoms with Crippen LogP contribution < -0.4 is 9.97 Å². The molecule has 4 N–H and O–H groups in total. The first-order valence-electron chi connectivity index (χ1n) is 4.42. The van der Waals surface area contributed by atoms with E-state index in [4.69, 9.17) is 15.2 Å². The number of aliphatic hydroxyl groups is 1. The maximum Gasteiger partial charge on any atom is 0.707 e. The predicted octanol–water partition coefficient (Wildman–Crippen LogP) is -1.38. The lowest BCUT2D eigenvalue weighted by Gasteiger charge is -2.05. The van der Waals surface area contributed by atoms with Crippen molar-refractivity contribution in [3.63, 3.8) is 0 Å². The molecule has 0 saturated heterocycles. The molecule has 7 nitrogen and oxygen atoms in total. The van der Waals surface area contributed by atoms with E-state index in [0.717, 1.165) is 0 Å². The van der Waals surface area contributed by atoms with Crippen molar-refractivity contribution < 1.29 is 19.8 Å². The Morgan fingerprint density at radius 2 is 2.00 bits per heavy atom. The zero-order valence-electron chi connectivity index (χ0n) is 8.00. The highest BCUT2D eigenvalue weighted by Gasteiger charge is 2.11. The Labute approximate surface area is 86.9 Å². The lowest BCUT2D eigenvalue weighted by Crippen LogP contribution is -2.20. The van der Waals surface area contributed by atoms with Crippen molar-refractivity contribution in [1.29, 1.82) is 0 Å². The van der Waals surface area contributed by atoms with Crippen molar-refractivity contribution in [2.24, 2.45) is 0 Å². The Balaban J connectivity index is 2.42. The summed E-state index contributed by atoms with van der Waals surface area (Å²) in [5.74, 6) is 0.556. The molecule has 0 aromatic carbocycles. The van der Waals surface area contributed by atoms with Crippen LogP contribution in [0.3, 0.4) is 0 Å². The van der Waals surface area contributed by atoms with Gasteiger partial charge in [-0.25, -0.2) is 9.97 Å². The van der Waals surface area contributed by atoms with Crippen LogP contribution in [0.4, 0.5) is 5.95 Å². The average molecular weight is 213 g/mol. The number of hydrogen-bond acceptors (Lipinski definition) is 7. The largest absolute Gasteiger partial charge is 0.707 e. The van der Waals surface area contributed by atoms with Crippen molar-refractivity contribution in [2.45, 2.75) is 6.42 Å². The Kier molecular flexibility index (Phi) is 4.81. The summed E-state index contributed by atoms with van der Waals surface area (Å²) in [4.78, 5) is 7.70. The number of nitrogens with one attached hydrogen (secondary N) is 1. The predicted molar refractivity (Wildman–Crippen MR) is 53.0 cm³/mol. The van der Waals surface area contributed by atoms with E-state index in [-0.39, 0.29) is 12.4 Å². The number of nitrogens with zero attached hydrogens (tertiary/aromatic N) is 2. The topological polar surface area (TPSA) is 108 Å². The van der Waals surface area contributed by atoms with E-state index in [2.05, 4.69) is 19.9 Å². The van der Waals surface area contributed by atoms with E-state index < -0.39 is 7.32 Å². The third-order valence-corrected chi connectivity index (χ3v) is 1.49. The normalized spacial score (nSPS) is 9.80. The van der Waals surface area contributed by atoms with Crippen LogP contribution in [0, 0.1) is 0 Å². The first kappa shape index (κ1) is 11.7. The minimum Gasteiger partial charge on any atom is -0.509 e. The molecule has 0 aliphatic rings. The molecule has 0 bridgehead atoms. The number of aliphatic hydroxyl groups excluding tert-OH is 1. The van der Waals surface area contributed by atoms with Gasteiger partial charge >= 0.3 is 7.32 Å².